The topological polar surface area (TPSA) is 237 Å². The minimum atomic E-state index is -4.95. The van der Waals surface area contributed by atoms with E-state index in [0.717, 1.165) is 108 Å². The number of esters is 4. The third kappa shape index (κ3) is 60.9. The van der Waals surface area contributed by atoms with E-state index in [9.17, 15) is 43.2 Å². The number of phosphoric ester groups is 2. The second-order valence-corrected chi connectivity index (χ2v) is 28.1. The van der Waals surface area contributed by atoms with Crippen LogP contribution in [0.15, 0.2) is 0 Å². The van der Waals surface area contributed by atoms with Crippen molar-refractivity contribution in [3.05, 3.63) is 0 Å². The number of carbonyl (C=O) groups excluding carboxylic acids is 4. The fourth-order valence-corrected chi connectivity index (χ4v) is 11.6. The molecular formula is C67H130O17P2. The summed E-state index contributed by atoms with van der Waals surface area (Å²) in [6, 6.07) is 0. The van der Waals surface area contributed by atoms with Gasteiger partial charge in [0.2, 0.25) is 0 Å². The van der Waals surface area contributed by atoms with Crippen molar-refractivity contribution in [3.8, 4) is 0 Å². The first-order chi connectivity index (χ1) is 41.4. The van der Waals surface area contributed by atoms with Crippen LogP contribution in [0.3, 0.4) is 0 Å². The number of hydrogen-bond donors (Lipinski definition) is 3. The number of ether oxygens (including phenoxy) is 4. The zero-order valence-electron chi connectivity index (χ0n) is 55.6. The van der Waals surface area contributed by atoms with Gasteiger partial charge in [0.1, 0.15) is 19.3 Å². The first-order valence-corrected chi connectivity index (χ1v) is 38.0. The second-order valence-electron chi connectivity index (χ2n) is 25.2. The molecule has 0 spiro atoms. The Morgan fingerprint density at radius 1 is 0.314 bits per heavy atom. The van der Waals surface area contributed by atoms with E-state index < -0.39 is 97.5 Å². The molecule has 0 amide bonds. The van der Waals surface area contributed by atoms with Gasteiger partial charge in [-0.3, -0.25) is 37.3 Å². The van der Waals surface area contributed by atoms with E-state index in [1.165, 1.54) is 148 Å². The predicted molar refractivity (Wildman–Crippen MR) is 345 cm³/mol. The molecule has 0 aromatic heterocycles. The monoisotopic (exact) mass is 1270 g/mol. The largest absolute Gasteiger partial charge is 0.472 e. The molecule has 0 saturated heterocycles. The molecule has 0 aliphatic carbocycles. The lowest BCUT2D eigenvalue weighted by atomic mass is 10.0. The molecule has 0 fully saturated rings. The van der Waals surface area contributed by atoms with E-state index in [0.29, 0.717) is 25.7 Å². The molecule has 0 bridgehead atoms. The number of aliphatic hydroxyl groups is 1. The smallest absolute Gasteiger partial charge is 0.462 e. The van der Waals surface area contributed by atoms with Crippen LogP contribution < -0.4 is 0 Å². The van der Waals surface area contributed by atoms with Crippen molar-refractivity contribution < 1.29 is 80.2 Å². The van der Waals surface area contributed by atoms with E-state index >= 15 is 0 Å². The van der Waals surface area contributed by atoms with Gasteiger partial charge in [0, 0.05) is 25.7 Å². The summed E-state index contributed by atoms with van der Waals surface area (Å²) in [6.45, 7) is 9.47. The highest BCUT2D eigenvalue weighted by Gasteiger charge is 2.30. The van der Waals surface area contributed by atoms with Gasteiger partial charge in [-0.05, 0) is 37.5 Å². The van der Waals surface area contributed by atoms with Gasteiger partial charge in [-0.2, -0.15) is 0 Å². The number of carbonyl (C=O) groups is 4. The van der Waals surface area contributed by atoms with Crippen LogP contribution in [0, 0.1) is 11.8 Å². The van der Waals surface area contributed by atoms with Crippen LogP contribution >= 0.6 is 15.6 Å². The highest BCUT2D eigenvalue weighted by Crippen LogP contribution is 2.45. The molecule has 0 heterocycles. The third-order valence-electron chi connectivity index (χ3n) is 15.5. The Labute approximate surface area is 524 Å². The van der Waals surface area contributed by atoms with Crippen LogP contribution in [0.2, 0.25) is 0 Å². The highest BCUT2D eigenvalue weighted by molar-refractivity contribution is 7.47. The van der Waals surface area contributed by atoms with Crippen molar-refractivity contribution in [3.63, 3.8) is 0 Å². The summed E-state index contributed by atoms with van der Waals surface area (Å²) in [6.07, 6.45) is 43.0. The van der Waals surface area contributed by atoms with Gasteiger partial charge in [0.15, 0.2) is 12.2 Å². The summed E-state index contributed by atoms with van der Waals surface area (Å²) in [5.74, 6) is -0.642. The van der Waals surface area contributed by atoms with Gasteiger partial charge in [-0.25, -0.2) is 9.13 Å². The van der Waals surface area contributed by atoms with Crippen LogP contribution in [0.4, 0.5) is 0 Å². The van der Waals surface area contributed by atoms with E-state index in [4.69, 9.17) is 37.0 Å². The Morgan fingerprint density at radius 3 is 0.791 bits per heavy atom. The maximum Gasteiger partial charge on any atom is 0.472 e. The molecule has 0 aromatic carbocycles. The van der Waals surface area contributed by atoms with Crippen molar-refractivity contribution in [2.45, 2.75) is 355 Å². The van der Waals surface area contributed by atoms with Crippen LogP contribution in [0.5, 0.6) is 0 Å². The zero-order valence-corrected chi connectivity index (χ0v) is 57.4. The quantitative estimate of drug-likeness (QED) is 0.0222. The normalized spacial score (nSPS) is 14.2. The maximum atomic E-state index is 13.0. The number of aliphatic hydroxyl groups excluding tert-OH is 1. The van der Waals surface area contributed by atoms with Crippen molar-refractivity contribution in [2.24, 2.45) is 11.8 Å². The van der Waals surface area contributed by atoms with Gasteiger partial charge in [0.05, 0.1) is 26.4 Å². The minimum Gasteiger partial charge on any atom is -0.462 e. The lowest BCUT2D eigenvalue weighted by Gasteiger charge is -2.21. The molecule has 0 aliphatic rings. The maximum absolute atomic E-state index is 13.0. The van der Waals surface area contributed by atoms with Crippen molar-refractivity contribution in [1.82, 2.24) is 0 Å². The molecule has 510 valence electrons. The van der Waals surface area contributed by atoms with Crippen molar-refractivity contribution in [2.75, 3.05) is 39.6 Å². The molecule has 19 heteroatoms. The van der Waals surface area contributed by atoms with Gasteiger partial charge in [-0.1, -0.05) is 286 Å². The molecule has 0 aromatic rings. The lowest BCUT2D eigenvalue weighted by Crippen LogP contribution is -2.30. The van der Waals surface area contributed by atoms with Gasteiger partial charge in [-0.15, -0.1) is 0 Å². The molecule has 2 unspecified atom stereocenters. The second kappa shape index (κ2) is 59.4. The zero-order chi connectivity index (χ0) is 63.6. The standard InChI is InChI=1S/C67H130O17P2/c1-7-9-11-13-15-17-18-19-20-26-32-38-44-50-65(70)78-56-63(83-66(71)51-45-39-33-27-22-21-24-29-35-41-47-59(3)4)58-82-86(75,76)80-54-61(68)53-79-85(73,74)81-57-62(55-77-64(69)49-43-37-31-16-14-12-10-8-2)84-67(72)52-46-40-34-28-23-25-30-36-42-48-60(5)6/h59-63,68H,7-58H2,1-6H3,(H,73,74)(H,75,76)/t61-,62+,63+/m0/s1. The molecule has 0 radical (unpaired) electrons. The highest BCUT2D eigenvalue weighted by atomic mass is 31.2. The predicted octanol–water partition coefficient (Wildman–Crippen LogP) is 18.8. The van der Waals surface area contributed by atoms with Gasteiger partial charge >= 0.3 is 39.5 Å². The van der Waals surface area contributed by atoms with Crippen LogP contribution in [-0.4, -0.2) is 96.7 Å². The Morgan fingerprint density at radius 2 is 0.535 bits per heavy atom. The number of rotatable bonds is 66. The van der Waals surface area contributed by atoms with E-state index in [2.05, 4.69) is 41.5 Å². The van der Waals surface area contributed by atoms with E-state index in [1.807, 2.05) is 0 Å². The molecular weight excluding hydrogens is 1140 g/mol. The summed E-state index contributed by atoms with van der Waals surface area (Å²) in [5.41, 5.74) is 0. The fraction of sp³-hybridized carbons (Fsp3) is 0.940. The average molecular weight is 1270 g/mol. The number of unbranched alkanes of at least 4 members (excludes halogenated alkanes) is 36. The van der Waals surface area contributed by atoms with Crippen LogP contribution in [-0.2, 0) is 65.4 Å². The Hall–Kier alpha value is -1.94. The number of phosphoric acid groups is 2. The molecule has 0 rings (SSSR count). The summed E-state index contributed by atoms with van der Waals surface area (Å²) in [4.78, 5) is 72.3. The average Bonchev–Trinajstić information content (AvgIpc) is 3.49. The van der Waals surface area contributed by atoms with Crippen LogP contribution in [0.25, 0.3) is 0 Å². The summed E-state index contributed by atoms with van der Waals surface area (Å²) >= 11 is 0. The number of hydrogen-bond acceptors (Lipinski definition) is 15. The molecule has 0 saturated carbocycles. The van der Waals surface area contributed by atoms with Crippen molar-refractivity contribution >= 4 is 39.5 Å². The third-order valence-corrected chi connectivity index (χ3v) is 17.4. The van der Waals surface area contributed by atoms with Gasteiger partial charge < -0.3 is 33.8 Å². The van der Waals surface area contributed by atoms with Gasteiger partial charge in [0.25, 0.3) is 0 Å². The molecule has 0 aliphatic heterocycles. The summed E-state index contributed by atoms with van der Waals surface area (Å²) in [5, 5.41) is 10.6. The SMILES string of the molecule is CCCCCCCCCCCCCCCC(=O)OC[C@H](COP(=O)(O)OC[C@@H](O)COP(=O)(O)OC[C@@H](COC(=O)CCCCCCCCCC)OC(=O)CCCCCCCCCCCC(C)C)OC(=O)CCCCCCCCCCCCC(C)C. The minimum absolute atomic E-state index is 0.105. The molecule has 17 nitrogen and oxygen atoms in total. The fourth-order valence-electron chi connectivity index (χ4n) is 10.1. The molecule has 86 heavy (non-hydrogen) atoms. The first kappa shape index (κ1) is 84.1. The molecule has 5 atom stereocenters. The molecule has 3 N–H and O–H groups in total. The van der Waals surface area contributed by atoms with E-state index in [-0.39, 0.29) is 25.7 Å². The Balaban J connectivity index is 5.23. The lowest BCUT2D eigenvalue weighted by molar-refractivity contribution is -0.161. The van der Waals surface area contributed by atoms with E-state index in [1.54, 1.807) is 0 Å². The summed E-state index contributed by atoms with van der Waals surface area (Å²) in [7, 11) is -9.89. The van der Waals surface area contributed by atoms with Crippen LogP contribution in [0.1, 0.15) is 337 Å². The summed E-state index contributed by atoms with van der Waals surface area (Å²) < 4.78 is 68.1. The van der Waals surface area contributed by atoms with Crippen molar-refractivity contribution in [1.29, 1.82) is 0 Å². The Kier molecular flexibility index (Phi) is 58.0. The Bertz CT molecular complexity index is 1680. The first-order valence-electron chi connectivity index (χ1n) is 35.0.